The SMILES string of the molecule is O=C(O)NC1CCN(Cc2cc(Br)ccc2OCc2ccc(Cl)cc2)CC1. The summed E-state index contributed by atoms with van der Waals surface area (Å²) in [7, 11) is 0. The van der Waals surface area contributed by atoms with Gasteiger partial charge in [0.05, 0.1) is 0 Å². The first kappa shape index (κ1) is 20.0. The van der Waals surface area contributed by atoms with E-state index in [-0.39, 0.29) is 6.04 Å². The fourth-order valence-electron chi connectivity index (χ4n) is 3.21. The number of nitrogens with one attached hydrogen (secondary N) is 1. The lowest BCUT2D eigenvalue weighted by Crippen LogP contribution is -2.43. The zero-order valence-electron chi connectivity index (χ0n) is 14.8. The Balaban J connectivity index is 1.60. The first-order valence-corrected chi connectivity index (χ1v) is 10.0. The van der Waals surface area contributed by atoms with Gasteiger partial charge in [-0.1, -0.05) is 39.7 Å². The summed E-state index contributed by atoms with van der Waals surface area (Å²) in [6.07, 6.45) is 0.695. The second kappa shape index (κ2) is 9.44. The van der Waals surface area contributed by atoms with E-state index < -0.39 is 6.09 Å². The Hall–Kier alpha value is -1.76. The Morgan fingerprint density at radius 2 is 1.93 bits per heavy atom. The Bertz CT molecular complexity index is 777. The molecule has 2 aromatic rings. The lowest BCUT2D eigenvalue weighted by Gasteiger charge is -2.32. The fourth-order valence-corrected chi connectivity index (χ4v) is 3.74. The van der Waals surface area contributed by atoms with E-state index in [2.05, 4.69) is 32.2 Å². The molecule has 3 rings (SSSR count). The first-order chi connectivity index (χ1) is 13.0. The van der Waals surface area contributed by atoms with Crippen molar-refractivity contribution < 1.29 is 14.6 Å². The number of benzene rings is 2. The van der Waals surface area contributed by atoms with Gasteiger partial charge in [-0.15, -0.1) is 0 Å². The lowest BCUT2D eigenvalue weighted by molar-refractivity contribution is 0.164. The molecule has 144 valence electrons. The highest BCUT2D eigenvalue weighted by Gasteiger charge is 2.21. The number of carboxylic acid groups (broad SMARTS) is 1. The molecule has 0 unspecified atom stereocenters. The number of carbonyl (C=O) groups is 1. The van der Waals surface area contributed by atoms with Crippen LogP contribution in [0.15, 0.2) is 46.9 Å². The number of likely N-dealkylation sites (tertiary alicyclic amines) is 1. The van der Waals surface area contributed by atoms with Gasteiger partial charge in [-0.2, -0.15) is 0 Å². The molecule has 1 fully saturated rings. The van der Waals surface area contributed by atoms with E-state index in [0.717, 1.165) is 53.8 Å². The van der Waals surface area contributed by atoms with E-state index in [1.54, 1.807) is 0 Å². The minimum atomic E-state index is -0.946. The van der Waals surface area contributed by atoms with Crippen molar-refractivity contribution in [3.8, 4) is 5.75 Å². The molecule has 1 amide bonds. The van der Waals surface area contributed by atoms with Crippen molar-refractivity contribution in [1.82, 2.24) is 10.2 Å². The molecule has 1 aliphatic heterocycles. The quantitative estimate of drug-likeness (QED) is 0.652. The van der Waals surface area contributed by atoms with Crippen molar-refractivity contribution >= 4 is 33.6 Å². The Morgan fingerprint density at radius 3 is 2.59 bits per heavy atom. The highest BCUT2D eigenvalue weighted by atomic mass is 79.9. The van der Waals surface area contributed by atoms with E-state index in [0.29, 0.717) is 11.6 Å². The summed E-state index contributed by atoms with van der Waals surface area (Å²) in [6.45, 7) is 2.97. The number of amides is 1. The maximum absolute atomic E-state index is 10.8. The number of ether oxygens (including phenoxy) is 1. The smallest absolute Gasteiger partial charge is 0.404 e. The molecule has 0 atom stereocenters. The van der Waals surface area contributed by atoms with Gasteiger partial charge in [0.25, 0.3) is 0 Å². The van der Waals surface area contributed by atoms with Gasteiger partial charge in [-0.05, 0) is 48.7 Å². The van der Waals surface area contributed by atoms with Crippen LogP contribution in [0.5, 0.6) is 5.75 Å². The average Bonchev–Trinajstić information content (AvgIpc) is 2.64. The van der Waals surface area contributed by atoms with Crippen LogP contribution >= 0.6 is 27.5 Å². The molecular weight excluding hydrogens is 432 g/mol. The molecule has 0 saturated carbocycles. The molecule has 1 heterocycles. The van der Waals surface area contributed by atoms with Crippen molar-refractivity contribution in [3.63, 3.8) is 0 Å². The first-order valence-electron chi connectivity index (χ1n) is 8.87. The number of halogens is 2. The molecule has 5 nitrogen and oxygen atoms in total. The van der Waals surface area contributed by atoms with E-state index in [9.17, 15) is 4.79 Å². The predicted octanol–water partition coefficient (Wildman–Crippen LogP) is 4.91. The van der Waals surface area contributed by atoms with Crippen LogP contribution in [-0.4, -0.2) is 35.2 Å². The van der Waals surface area contributed by atoms with Crippen LogP contribution < -0.4 is 10.1 Å². The summed E-state index contributed by atoms with van der Waals surface area (Å²) < 4.78 is 7.07. The van der Waals surface area contributed by atoms with Crippen LogP contribution in [0.4, 0.5) is 4.79 Å². The van der Waals surface area contributed by atoms with Crippen LogP contribution in [-0.2, 0) is 13.2 Å². The highest BCUT2D eigenvalue weighted by Crippen LogP contribution is 2.27. The van der Waals surface area contributed by atoms with Gasteiger partial charge in [0.1, 0.15) is 12.4 Å². The zero-order valence-corrected chi connectivity index (χ0v) is 17.2. The van der Waals surface area contributed by atoms with Crippen LogP contribution in [0.2, 0.25) is 5.02 Å². The summed E-state index contributed by atoms with van der Waals surface area (Å²) >= 11 is 9.47. The van der Waals surface area contributed by atoms with Crippen molar-refractivity contribution in [2.75, 3.05) is 13.1 Å². The number of nitrogens with zero attached hydrogens (tertiary/aromatic N) is 1. The monoisotopic (exact) mass is 452 g/mol. The van der Waals surface area contributed by atoms with Gasteiger partial charge in [-0.3, -0.25) is 4.90 Å². The minimum absolute atomic E-state index is 0.0434. The average molecular weight is 454 g/mol. The largest absolute Gasteiger partial charge is 0.489 e. The third-order valence-electron chi connectivity index (χ3n) is 4.64. The van der Waals surface area contributed by atoms with Gasteiger partial charge in [0, 0.05) is 40.7 Å². The molecular formula is C20H22BrClN2O3. The van der Waals surface area contributed by atoms with E-state index in [4.69, 9.17) is 21.4 Å². The molecule has 7 heteroatoms. The zero-order chi connectivity index (χ0) is 19.2. The number of rotatable bonds is 6. The van der Waals surface area contributed by atoms with Crippen LogP contribution in [0, 0.1) is 0 Å². The number of hydrogen-bond donors (Lipinski definition) is 2. The molecule has 0 aromatic heterocycles. The Kier molecular flexibility index (Phi) is 6.99. The van der Waals surface area contributed by atoms with Gasteiger partial charge < -0.3 is 15.2 Å². The highest BCUT2D eigenvalue weighted by molar-refractivity contribution is 9.10. The van der Waals surface area contributed by atoms with Crippen LogP contribution in [0.1, 0.15) is 24.0 Å². The maximum Gasteiger partial charge on any atom is 0.404 e. The number of hydrogen-bond acceptors (Lipinski definition) is 3. The van der Waals surface area contributed by atoms with Crippen molar-refractivity contribution in [1.29, 1.82) is 0 Å². The lowest BCUT2D eigenvalue weighted by atomic mass is 10.0. The van der Waals surface area contributed by atoms with Crippen molar-refractivity contribution in [2.24, 2.45) is 0 Å². The van der Waals surface area contributed by atoms with Crippen molar-refractivity contribution in [2.45, 2.75) is 32.0 Å². The summed E-state index contributed by atoms with van der Waals surface area (Å²) in [5.74, 6) is 0.860. The fraction of sp³-hybridized carbons (Fsp3) is 0.350. The normalized spacial score (nSPS) is 15.5. The molecule has 2 N–H and O–H groups in total. The number of piperidine rings is 1. The molecule has 1 aliphatic rings. The summed E-state index contributed by atoms with van der Waals surface area (Å²) in [5.41, 5.74) is 2.18. The summed E-state index contributed by atoms with van der Waals surface area (Å²) in [6, 6.07) is 13.7. The standard InChI is InChI=1S/C20H22BrClN2O3/c21-16-3-6-19(27-13-14-1-4-17(22)5-2-14)15(11-16)12-24-9-7-18(8-10-24)23-20(25)26/h1-6,11,18,23H,7-10,12-13H2,(H,25,26). The second-order valence-electron chi connectivity index (χ2n) is 6.67. The van der Waals surface area contributed by atoms with Crippen LogP contribution in [0.25, 0.3) is 0 Å². The van der Waals surface area contributed by atoms with Crippen molar-refractivity contribution in [3.05, 3.63) is 63.1 Å². The third kappa shape index (κ3) is 6.13. The minimum Gasteiger partial charge on any atom is -0.489 e. The van der Waals surface area contributed by atoms with Gasteiger partial charge in [0.2, 0.25) is 0 Å². The molecule has 2 aromatic carbocycles. The maximum atomic E-state index is 10.8. The molecule has 27 heavy (non-hydrogen) atoms. The Morgan fingerprint density at radius 1 is 1.22 bits per heavy atom. The van der Waals surface area contributed by atoms with E-state index >= 15 is 0 Å². The summed E-state index contributed by atoms with van der Waals surface area (Å²) in [4.78, 5) is 13.1. The Labute approximate surface area is 172 Å². The van der Waals surface area contributed by atoms with E-state index in [1.807, 2.05) is 36.4 Å². The van der Waals surface area contributed by atoms with E-state index in [1.165, 1.54) is 0 Å². The second-order valence-corrected chi connectivity index (χ2v) is 8.02. The summed E-state index contributed by atoms with van der Waals surface area (Å²) in [5, 5.41) is 12.1. The molecule has 0 spiro atoms. The topological polar surface area (TPSA) is 61.8 Å². The predicted molar refractivity (Wildman–Crippen MR) is 109 cm³/mol. The van der Waals surface area contributed by atoms with Gasteiger partial charge >= 0.3 is 6.09 Å². The molecule has 1 saturated heterocycles. The molecule has 0 bridgehead atoms. The van der Waals surface area contributed by atoms with Gasteiger partial charge in [-0.25, -0.2) is 4.79 Å². The molecule has 0 aliphatic carbocycles. The third-order valence-corrected chi connectivity index (χ3v) is 5.38. The van der Waals surface area contributed by atoms with Crippen LogP contribution in [0.3, 0.4) is 0 Å². The molecule has 0 radical (unpaired) electrons. The van der Waals surface area contributed by atoms with Gasteiger partial charge in [0.15, 0.2) is 0 Å².